The molecule has 1 aromatic heterocycles. The molecule has 0 aliphatic carbocycles. The van der Waals surface area contributed by atoms with Crippen molar-refractivity contribution in [2.75, 3.05) is 25.0 Å². The van der Waals surface area contributed by atoms with Crippen LogP contribution in [0.1, 0.15) is 24.7 Å². The summed E-state index contributed by atoms with van der Waals surface area (Å²) in [6.45, 7) is 3.38. The number of carbonyl (C=O) groups excluding carboxylic acids is 1. The lowest BCUT2D eigenvalue weighted by Gasteiger charge is -2.28. The molecule has 144 valence electrons. The minimum Gasteiger partial charge on any atom is -0.335 e. The quantitative estimate of drug-likeness (QED) is 0.799. The summed E-state index contributed by atoms with van der Waals surface area (Å²) in [4.78, 5) is 18.0. The van der Waals surface area contributed by atoms with Gasteiger partial charge in [0.1, 0.15) is 5.82 Å². The third kappa shape index (κ3) is 3.27. The number of carbonyl (C=O) groups is 1. The first-order valence-corrected chi connectivity index (χ1v) is 10.7. The van der Waals surface area contributed by atoms with Gasteiger partial charge in [-0.2, -0.15) is 0 Å². The maximum Gasteiger partial charge on any atom is 0.242 e. The van der Waals surface area contributed by atoms with E-state index in [0.717, 1.165) is 42.9 Å². The number of nitrogens with zero attached hydrogens (tertiary/aromatic N) is 4. The molecule has 1 atom stereocenters. The van der Waals surface area contributed by atoms with Crippen molar-refractivity contribution in [2.45, 2.75) is 37.6 Å². The Hall–Kier alpha value is -2.19. The number of amides is 1. The highest BCUT2D eigenvalue weighted by atomic mass is 32.2. The minimum absolute atomic E-state index is 0.0602. The largest absolute Gasteiger partial charge is 0.335 e. The van der Waals surface area contributed by atoms with Crippen molar-refractivity contribution in [2.24, 2.45) is 5.92 Å². The molecule has 8 heteroatoms. The third-order valence-corrected chi connectivity index (χ3v) is 7.41. The molecule has 0 saturated carbocycles. The highest BCUT2D eigenvalue weighted by molar-refractivity contribution is 7.89. The van der Waals surface area contributed by atoms with Gasteiger partial charge in [-0.25, -0.2) is 17.7 Å². The first-order chi connectivity index (χ1) is 12.9. The van der Waals surface area contributed by atoms with Gasteiger partial charge >= 0.3 is 0 Å². The Bertz CT molecular complexity index is 983. The first-order valence-electron chi connectivity index (χ1n) is 9.23. The summed E-state index contributed by atoms with van der Waals surface area (Å²) in [5, 5.41) is 0. The Morgan fingerprint density at radius 3 is 2.93 bits per heavy atom. The van der Waals surface area contributed by atoms with Crippen LogP contribution in [-0.2, 0) is 34.2 Å². The number of aryl methyl sites for hydroxylation is 1. The predicted octanol–water partition coefficient (Wildman–Crippen LogP) is 1.68. The lowest BCUT2D eigenvalue weighted by Crippen LogP contribution is -2.35. The summed E-state index contributed by atoms with van der Waals surface area (Å²) in [6.07, 6.45) is 6.31. The normalized spacial score (nSPS) is 19.2. The summed E-state index contributed by atoms with van der Waals surface area (Å²) < 4.78 is 29.7. The van der Waals surface area contributed by atoms with E-state index in [4.69, 9.17) is 0 Å². The van der Waals surface area contributed by atoms with Gasteiger partial charge in [-0.1, -0.05) is 6.07 Å². The van der Waals surface area contributed by atoms with Gasteiger partial charge in [-0.3, -0.25) is 4.79 Å². The number of aromatic nitrogens is 2. The molecule has 27 heavy (non-hydrogen) atoms. The molecule has 0 unspecified atom stereocenters. The summed E-state index contributed by atoms with van der Waals surface area (Å²) in [6, 6.07) is 5.13. The highest BCUT2D eigenvalue weighted by Gasteiger charge is 2.29. The van der Waals surface area contributed by atoms with E-state index in [1.807, 2.05) is 12.3 Å². The Kier molecular flexibility index (Phi) is 4.55. The van der Waals surface area contributed by atoms with E-state index in [2.05, 4.69) is 9.55 Å². The fourth-order valence-electron chi connectivity index (χ4n) is 4.07. The van der Waals surface area contributed by atoms with Crippen molar-refractivity contribution < 1.29 is 13.2 Å². The number of imidazole rings is 1. The van der Waals surface area contributed by atoms with Crippen LogP contribution in [0, 0.1) is 5.92 Å². The van der Waals surface area contributed by atoms with Gasteiger partial charge in [-0.05, 0) is 36.5 Å². The molecule has 1 amide bonds. The Balaban J connectivity index is 1.53. The van der Waals surface area contributed by atoms with Gasteiger partial charge in [0.25, 0.3) is 0 Å². The van der Waals surface area contributed by atoms with Crippen molar-refractivity contribution in [3.8, 4) is 0 Å². The SMILES string of the molecule is CC(=O)N1CCc2ccc(S(=O)(=O)N(C)C[C@@H]3CCc4nccn4C3)cc21. The van der Waals surface area contributed by atoms with Crippen molar-refractivity contribution in [1.29, 1.82) is 0 Å². The maximum atomic E-state index is 13.1. The van der Waals surface area contributed by atoms with E-state index in [9.17, 15) is 13.2 Å². The molecule has 2 aromatic rings. The van der Waals surface area contributed by atoms with Crippen LogP contribution < -0.4 is 4.90 Å². The van der Waals surface area contributed by atoms with Gasteiger partial charge in [0, 0.05) is 58.1 Å². The number of hydrogen-bond acceptors (Lipinski definition) is 4. The second-order valence-corrected chi connectivity index (χ2v) is 9.44. The lowest BCUT2D eigenvalue weighted by molar-refractivity contribution is -0.116. The third-order valence-electron chi connectivity index (χ3n) is 5.59. The van der Waals surface area contributed by atoms with Gasteiger partial charge < -0.3 is 9.47 Å². The predicted molar refractivity (Wildman–Crippen MR) is 102 cm³/mol. The average molecular weight is 388 g/mol. The van der Waals surface area contributed by atoms with Crippen LogP contribution in [0.5, 0.6) is 0 Å². The summed E-state index contributed by atoms with van der Waals surface area (Å²) in [7, 11) is -1.97. The molecule has 1 aromatic carbocycles. The fraction of sp³-hybridized carbons (Fsp3) is 0.474. The first kappa shape index (κ1) is 18.2. The van der Waals surface area contributed by atoms with Crippen LogP contribution in [0.25, 0.3) is 0 Å². The number of sulfonamides is 1. The second kappa shape index (κ2) is 6.76. The van der Waals surface area contributed by atoms with Crippen molar-refractivity contribution in [3.63, 3.8) is 0 Å². The Labute approximate surface area is 159 Å². The van der Waals surface area contributed by atoms with E-state index in [-0.39, 0.29) is 16.7 Å². The summed E-state index contributed by atoms with van der Waals surface area (Å²) in [5.74, 6) is 1.27. The van der Waals surface area contributed by atoms with Crippen LogP contribution in [0.15, 0.2) is 35.5 Å². The standard InChI is InChI=1S/C19H24N4O3S/c1-14(24)23-9-7-16-4-5-17(11-18(16)23)27(25,26)21(2)12-15-3-6-19-20-8-10-22(19)13-15/h4-5,8,10-11,15H,3,6-7,9,12-13H2,1-2H3/t15-/m0/s1. The summed E-state index contributed by atoms with van der Waals surface area (Å²) >= 11 is 0. The van der Waals surface area contributed by atoms with Crippen LogP contribution in [0.4, 0.5) is 5.69 Å². The topological polar surface area (TPSA) is 75.5 Å². The molecule has 0 N–H and O–H groups in total. The Morgan fingerprint density at radius 2 is 2.15 bits per heavy atom. The van der Waals surface area contributed by atoms with E-state index >= 15 is 0 Å². The molecule has 4 rings (SSSR count). The number of hydrogen-bond donors (Lipinski definition) is 0. The molecule has 7 nitrogen and oxygen atoms in total. The number of rotatable bonds is 4. The van der Waals surface area contributed by atoms with Crippen LogP contribution in [-0.4, -0.2) is 48.3 Å². The van der Waals surface area contributed by atoms with Crippen LogP contribution >= 0.6 is 0 Å². The van der Waals surface area contributed by atoms with Crippen LogP contribution in [0.2, 0.25) is 0 Å². The molecule has 2 aliphatic heterocycles. The average Bonchev–Trinajstić information content (AvgIpc) is 3.27. The smallest absolute Gasteiger partial charge is 0.242 e. The number of benzene rings is 1. The van der Waals surface area contributed by atoms with Crippen molar-refractivity contribution >= 4 is 21.6 Å². The molecular weight excluding hydrogens is 364 g/mol. The molecule has 0 bridgehead atoms. The van der Waals surface area contributed by atoms with Gasteiger partial charge in [0.05, 0.1) is 4.90 Å². The molecular formula is C19H24N4O3S. The van der Waals surface area contributed by atoms with E-state index < -0.39 is 10.0 Å². The number of fused-ring (bicyclic) bond motifs is 2. The highest BCUT2D eigenvalue weighted by Crippen LogP contribution is 2.32. The van der Waals surface area contributed by atoms with E-state index in [1.54, 1.807) is 30.3 Å². The molecule has 0 saturated heterocycles. The fourth-order valence-corrected chi connectivity index (χ4v) is 5.34. The van der Waals surface area contributed by atoms with Crippen LogP contribution in [0.3, 0.4) is 0 Å². The summed E-state index contributed by atoms with van der Waals surface area (Å²) in [5.41, 5.74) is 1.74. The van der Waals surface area contributed by atoms with Gasteiger partial charge in [0.2, 0.25) is 15.9 Å². The molecule has 0 spiro atoms. The second-order valence-electron chi connectivity index (χ2n) is 7.40. The van der Waals surface area contributed by atoms with E-state index in [0.29, 0.717) is 13.1 Å². The molecule has 0 fully saturated rings. The molecule has 2 aliphatic rings. The zero-order chi connectivity index (χ0) is 19.2. The van der Waals surface area contributed by atoms with Crippen molar-refractivity contribution in [1.82, 2.24) is 13.9 Å². The molecule has 3 heterocycles. The minimum atomic E-state index is -3.60. The van der Waals surface area contributed by atoms with Crippen molar-refractivity contribution in [3.05, 3.63) is 42.0 Å². The zero-order valence-electron chi connectivity index (χ0n) is 15.6. The monoisotopic (exact) mass is 388 g/mol. The Morgan fingerprint density at radius 1 is 1.33 bits per heavy atom. The zero-order valence-corrected chi connectivity index (χ0v) is 16.4. The van der Waals surface area contributed by atoms with Gasteiger partial charge in [0.15, 0.2) is 0 Å². The van der Waals surface area contributed by atoms with Gasteiger partial charge in [-0.15, -0.1) is 0 Å². The maximum absolute atomic E-state index is 13.1. The molecule has 0 radical (unpaired) electrons. The number of anilines is 1. The van der Waals surface area contributed by atoms with E-state index in [1.165, 1.54) is 11.2 Å². The lowest BCUT2D eigenvalue weighted by atomic mass is 10.00.